The fraction of sp³-hybridized carbons (Fsp3) is 0.0769. The molecule has 6 aromatic carbocycles. The number of hydrogen-bond acceptors (Lipinski definition) is 8. The Hall–Kier alpha value is -1.90. The molecular formula is C39H26Br2Cl8O6S2. The molecule has 0 radical (unpaired) electrons. The van der Waals surface area contributed by atoms with E-state index >= 15 is 0 Å². The van der Waals surface area contributed by atoms with Crippen LogP contribution in [0.5, 0.6) is 34.5 Å². The van der Waals surface area contributed by atoms with Crippen LogP contribution in [0.4, 0.5) is 0 Å². The Labute approximate surface area is 393 Å². The summed E-state index contributed by atoms with van der Waals surface area (Å²) in [5, 5.41) is 62.2. The van der Waals surface area contributed by atoms with Crippen LogP contribution in [-0.4, -0.2) is 30.6 Å². The molecule has 0 aromatic heterocycles. The SMILES string of the molecule is Oc1c(Br)cc(Cl)cc1Cc1cc(Cl)cc(Br)c1O.Oc1c(Cl)cc(Cl)cc1Sc1cc(Cl)cc(Cl)c1O.Oc1ccc(Cl)cc1CSCc1cc(Cl)ccc1O. The summed E-state index contributed by atoms with van der Waals surface area (Å²) in [7, 11) is 0. The Bertz CT molecular complexity index is 2130. The van der Waals surface area contributed by atoms with Crippen LogP contribution in [0.15, 0.2) is 104 Å². The third-order valence-corrected chi connectivity index (χ3v) is 12.6. The maximum Gasteiger partial charge on any atom is 0.148 e. The topological polar surface area (TPSA) is 121 Å². The summed E-state index contributed by atoms with van der Waals surface area (Å²) in [6.07, 6.45) is 0.315. The normalized spacial score (nSPS) is 10.7. The van der Waals surface area contributed by atoms with Gasteiger partial charge in [-0.05, 0) is 117 Å². The van der Waals surface area contributed by atoms with Crippen molar-refractivity contribution < 1.29 is 30.6 Å². The lowest BCUT2D eigenvalue weighted by Crippen LogP contribution is -1.92. The number of halogens is 10. The van der Waals surface area contributed by atoms with Gasteiger partial charge in [0.2, 0.25) is 0 Å². The third kappa shape index (κ3) is 14.1. The van der Waals surface area contributed by atoms with Crippen molar-refractivity contribution in [2.75, 3.05) is 0 Å². The number of benzene rings is 6. The second-order valence-corrected chi connectivity index (χ2v) is 18.8. The highest BCUT2D eigenvalue weighted by Gasteiger charge is 2.16. The Balaban J connectivity index is 0.000000189. The Morgan fingerprint density at radius 1 is 0.404 bits per heavy atom. The van der Waals surface area contributed by atoms with E-state index in [2.05, 4.69) is 31.9 Å². The van der Waals surface area contributed by atoms with Gasteiger partial charge in [0.25, 0.3) is 0 Å². The molecule has 0 aliphatic carbocycles. The zero-order valence-electron chi connectivity index (χ0n) is 28.5. The predicted molar refractivity (Wildman–Crippen MR) is 246 cm³/mol. The average Bonchev–Trinajstić information content (AvgIpc) is 3.13. The first-order valence-corrected chi connectivity index (χ1v) is 22.3. The molecule has 6 nitrogen and oxygen atoms in total. The number of hydrogen-bond donors (Lipinski definition) is 6. The molecule has 6 N–H and O–H groups in total. The maximum absolute atomic E-state index is 9.98. The molecule has 0 saturated heterocycles. The minimum Gasteiger partial charge on any atom is -0.508 e. The summed E-state index contributed by atoms with van der Waals surface area (Å²) >= 11 is 56.1. The first-order valence-electron chi connectivity index (χ1n) is 15.7. The number of thioether (sulfide) groups is 1. The number of rotatable bonds is 8. The first kappa shape index (κ1) is 47.8. The average molecular weight is 1100 g/mol. The minimum absolute atomic E-state index is 0.0971. The van der Waals surface area contributed by atoms with Crippen LogP contribution in [0.1, 0.15) is 22.3 Å². The molecule has 0 amide bonds. The van der Waals surface area contributed by atoms with Crippen molar-refractivity contribution >= 4 is 148 Å². The van der Waals surface area contributed by atoms with Crippen LogP contribution in [0.3, 0.4) is 0 Å². The van der Waals surface area contributed by atoms with E-state index in [1.54, 1.807) is 72.4 Å². The lowest BCUT2D eigenvalue weighted by atomic mass is 10.0. The Morgan fingerprint density at radius 3 is 1.14 bits per heavy atom. The van der Waals surface area contributed by atoms with Crippen LogP contribution in [0.2, 0.25) is 40.2 Å². The quantitative estimate of drug-likeness (QED) is 0.0892. The smallest absolute Gasteiger partial charge is 0.148 e. The van der Waals surface area contributed by atoms with E-state index in [1.807, 2.05) is 0 Å². The van der Waals surface area contributed by atoms with E-state index in [1.165, 1.54) is 24.3 Å². The summed E-state index contributed by atoms with van der Waals surface area (Å²) < 4.78 is 1.02. The minimum atomic E-state index is -0.119. The van der Waals surface area contributed by atoms with Crippen LogP contribution in [0, 0.1) is 0 Å². The van der Waals surface area contributed by atoms with E-state index in [4.69, 9.17) is 92.8 Å². The summed E-state index contributed by atoms with van der Waals surface area (Å²) in [5.41, 5.74) is 2.76. The molecule has 0 aliphatic rings. The summed E-state index contributed by atoms with van der Waals surface area (Å²) in [5.74, 6) is 1.63. The molecule has 0 bridgehead atoms. The third-order valence-electron chi connectivity index (χ3n) is 7.40. The standard InChI is InChI=1S/C14H12Cl2O2S.C13H8Br2Cl2O2.C12H6Cl4O2S/c15-11-1-3-13(17)9(5-11)7-19-8-10-6-12(16)2-4-14(10)18;14-10-4-8(16)2-6(12(10)18)1-7-3-9(17)5-11(15)13(7)19;13-5-1-7(15)11(17)9(3-5)19-10-4-6(14)2-8(16)12(10)18/h1-6,17-18H,7-8H2;2-5,18-19H,1H2;1-4,17-18H. The van der Waals surface area contributed by atoms with E-state index in [0.29, 0.717) is 77.9 Å². The van der Waals surface area contributed by atoms with Crippen LogP contribution in [-0.2, 0) is 17.9 Å². The molecule has 18 heteroatoms. The molecule has 57 heavy (non-hydrogen) atoms. The molecule has 0 spiro atoms. The van der Waals surface area contributed by atoms with Crippen molar-refractivity contribution in [3.05, 3.63) is 156 Å². The van der Waals surface area contributed by atoms with Crippen molar-refractivity contribution in [1.29, 1.82) is 0 Å². The number of phenolic OH excluding ortho intramolecular Hbond substituents is 6. The van der Waals surface area contributed by atoms with Crippen LogP contribution in [0.25, 0.3) is 0 Å². The van der Waals surface area contributed by atoms with Gasteiger partial charge in [-0.3, -0.25) is 0 Å². The van der Waals surface area contributed by atoms with Crippen molar-refractivity contribution in [3.8, 4) is 34.5 Å². The van der Waals surface area contributed by atoms with Gasteiger partial charge in [-0.2, -0.15) is 11.8 Å². The lowest BCUT2D eigenvalue weighted by molar-refractivity contribution is 0.458. The van der Waals surface area contributed by atoms with Gasteiger partial charge in [0, 0.05) is 70.3 Å². The van der Waals surface area contributed by atoms with E-state index in [9.17, 15) is 30.6 Å². The van der Waals surface area contributed by atoms with Gasteiger partial charge in [0.15, 0.2) is 0 Å². The number of aromatic hydroxyl groups is 6. The Kier molecular flexibility index (Phi) is 18.5. The van der Waals surface area contributed by atoms with Gasteiger partial charge in [0.05, 0.1) is 28.8 Å². The van der Waals surface area contributed by atoms with Crippen molar-refractivity contribution in [2.45, 2.75) is 27.7 Å². The van der Waals surface area contributed by atoms with Gasteiger partial charge in [-0.1, -0.05) is 105 Å². The fourth-order valence-electron chi connectivity index (χ4n) is 4.68. The van der Waals surface area contributed by atoms with Gasteiger partial charge >= 0.3 is 0 Å². The fourth-order valence-corrected chi connectivity index (χ4v) is 10.1. The molecule has 0 atom stereocenters. The van der Waals surface area contributed by atoms with Gasteiger partial charge in [0.1, 0.15) is 34.5 Å². The van der Waals surface area contributed by atoms with Crippen molar-refractivity contribution in [3.63, 3.8) is 0 Å². The predicted octanol–water partition coefficient (Wildman–Crippen LogP) is 16.2. The molecule has 0 saturated carbocycles. The van der Waals surface area contributed by atoms with Crippen LogP contribution >= 0.6 is 148 Å². The first-order chi connectivity index (χ1) is 26.8. The second-order valence-electron chi connectivity index (χ2n) is 11.6. The van der Waals surface area contributed by atoms with E-state index < -0.39 is 0 Å². The number of phenols is 6. The molecular weight excluding hydrogens is 1070 g/mol. The zero-order valence-corrected chi connectivity index (χ0v) is 39.3. The highest BCUT2D eigenvalue weighted by atomic mass is 79.9. The molecule has 0 fully saturated rings. The molecule has 0 unspecified atom stereocenters. The maximum atomic E-state index is 9.98. The van der Waals surface area contributed by atoms with Crippen LogP contribution < -0.4 is 0 Å². The monoisotopic (exact) mass is 1090 g/mol. The molecule has 6 rings (SSSR count). The van der Waals surface area contributed by atoms with E-state index in [0.717, 1.165) is 22.9 Å². The summed E-state index contributed by atoms with van der Waals surface area (Å²) in [6.45, 7) is 0. The Morgan fingerprint density at radius 2 is 0.754 bits per heavy atom. The second kappa shape index (κ2) is 22.1. The summed E-state index contributed by atoms with van der Waals surface area (Å²) in [4.78, 5) is 0.789. The van der Waals surface area contributed by atoms with Crippen molar-refractivity contribution in [2.24, 2.45) is 0 Å². The molecule has 6 aromatic rings. The van der Waals surface area contributed by atoms with Gasteiger partial charge in [-0.25, -0.2) is 0 Å². The zero-order chi connectivity index (χ0) is 42.1. The molecule has 300 valence electrons. The highest BCUT2D eigenvalue weighted by molar-refractivity contribution is 9.11. The molecule has 0 heterocycles. The van der Waals surface area contributed by atoms with Crippen molar-refractivity contribution in [1.82, 2.24) is 0 Å². The lowest BCUT2D eigenvalue weighted by Gasteiger charge is -2.10. The van der Waals surface area contributed by atoms with Gasteiger partial charge < -0.3 is 30.6 Å². The van der Waals surface area contributed by atoms with Gasteiger partial charge in [-0.15, -0.1) is 0 Å². The molecule has 0 aliphatic heterocycles. The van der Waals surface area contributed by atoms with E-state index in [-0.39, 0.29) is 44.5 Å². The highest BCUT2D eigenvalue weighted by Crippen LogP contribution is 2.46. The summed E-state index contributed by atoms with van der Waals surface area (Å²) in [6, 6.07) is 22.3. The largest absolute Gasteiger partial charge is 0.508 e.